The number of nitrogens with zero attached hydrogens (tertiary/aromatic N) is 2. The van der Waals surface area contributed by atoms with Crippen LogP contribution in [0.5, 0.6) is 0 Å². The number of carbonyl (C=O) groups excluding carboxylic acids is 3. The van der Waals surface area contributed by atoms with Crippen LogP contribution in [0.1, 0.15) is 33.3 Å². The molecule has 0 radical (unpaired) electrons. The molecule has 8 heteroatoms. The van der Waals surface area contributed by atoms with Gasteiger partial charge in [-0.2, -0.15) is 0 Å². The van der Waals surface area contributed by atoms with Crippen LogP contribution in [0, 0.1) is 0 Å². The third-order valence-electron chi connectivity index (χ3n) is 4.58. The number of H-pyrrole nitrogens is 1. The second kappa shape index (κ2) is 7.67. The van der Waals surface area contributed by atoms with Crippen molar-refractivity contribution in [1.29, 1.82) is 0 Å². The summed E-state index contributed by atoms with van der Waals surface area (Å²) in [5, 5.41) is 2.81. The molecule has 4 rings (SSSR count). The molecule has 0 saturated carbocycles. The highest BCUT2D eigenvalue weighted by atomic mass is 16.5. The molecule has 1 aliphatic heterocycles. The molecule has 3 aromatic rings. The van der Waals surface area contributed by atoms with Gasteiger partial charge in [0.05, 0.1) is 23.6 Å². The van der Waals surface area contributed by atoms with Gasteiger partial charge in [0.2, 0.25) is 0 Å². The van der Waals surface area contributed by atoms with Crippen LogP contribution in [-0.2, 0) is 16.0 Å². The van der Waals surface area contributed by atoms with Gasteiger partial charge in [0.25, 0.3) is 11.7 Å². The summed E-state index contributed by atoms with van der Waals surface area (Å²) in [4.78, 5) is 48.0. The van der Waals surface area contributed by atoms with Gasteiger partial charge in [-0.25, -0.2) is 14.8 Å². The summed E-state index contributed by atoms with van der Waals surface area (Å²) < 4.78 is 4.77. The van der Waals surface area contributed by atoms with E-state index in [0.29, 0.717) is 29.2 Å². The first kappa shape index (κ1) is 18.5. The Hall–Kier alpha value is -3.81. The van der Waals surface area contributed by atoms with E-state index in [-0.39, 0.29) is 18.1 Å². The zero-order valence-electron chi connectivity index (χ0n) is 15.7. The molecule has 0 unspecified atom stereocenters. The standard InChI is InChI=1S/C21H18N4O4/c1-2-29-21(28)18(26)12-4-3-5-13(10-12)19-22-8-7-16(25-19)17-11-14-15(24-17)6-9-23-20(14)27/h3-5,7-8,10-11,24H,2,6,9H2,1H3,(H,23,27). The van der Waals surface area contributed by atoms with Gasteiger partial charge in [-0.05, 0) is 25.1 Å². The lowest BCUT2D eigenvalue weighted by Gasteiger charge is -2.10. The van der Waals surface area contributed by atoms with Crippen LogP contribution in [-0.4, -0.2) is 45.8 Å². The van der Waals surface area contributed by atoms with E-state index in [1.54, 1.807) is 49.5 Å². The van der Waals surface area contributed by atoms with Crippen LogP contribution in [0.2, 0.25) is 0 Å². The van der Waals surface area contributed by atoms with Crippen LogP contribution in [0.4, 0.5) is 0 Å². The smallest absolute Gasteiger partial charge is 0.379 e. The normalized spacial score (nSPS) is 12.8. The van der Waals surface area contributed by atoms with Gasteiger partial charge in [-0.1, -0.05) is 18.2 Å². The number of amides is 1. The third kappa shape index (κ3) is 3.64. The van der Waals surface area contributed by atoms with Crippen molar-refractivity contribution in [3.63, 3.8) is 0 Å². The van der Waals surface area contributed by atoms with Crippen LogP contribution < -0.4 is 5.32 Å². The Kier molecular flexibility index (Phi) is 4.90. The van der Waals surface area contributed by atoms with Crippen LogP contribution in [0.15, 0.2) is 42.6 Å². The van der Waals surface area contributed by atoms with Crippen LogP contribution in [0.25, 0.3) is 22.8 Å². The summed E-state index contributed by atoms with van der Waals surface area (Å²) in [6.07, 6.45) is 2.34. The minimum Gasteiger partial charge on any atom is -0.460 e. The van der Waals surface area contributed by atoms with Gasteiger partial charge in [-0.15, -0.1) is 0 Å². The quantitative estimate of drug-likeness (QED) is 0.392. The van der Waals surface area contributed by atoms with E-state index in [1.165, 1.54) is 0 Å². The zero-order chi connectivity index (χ0) is 20.4. The molecule has 29 heavy (non-hydrogen) atoms. The first-order valence-corrected chi connectivity index (χ1v) is 9.22. The number of fused-ring (bicyclic) bond motifs is 1. The summed E-state index contributed by atoms with van der Waals surface area (Å²) in [5.41, 5.74) is 3.64. The molecule has 0 aliphatic carbocycles. The Morgan fingerprint density at radius 2 is 2.07 bits per heavy atom. The first-order chi connectivity index (χ1) is 14.1. The highest BCUT2D eigenvalue weighted by Crippen LogP contribution is 2.25. The van der Waals surface area contributed by atoms with Crippen molar-refractivity contribution in [2.45, 2.75) is 13.3 Å². The van der Waals surface area contributed by atoms with Crippen molar-refractivity contribution in [3.05, 3.63) is 59.4 Å². The number of aromatic amines is 1. The maximum atomic E-state index is 12.2. The molecule has 0 saturated heterocycles. The van der Waals surface area contributed by atoms with Crippen molar-refractivity contribution in [2.75, 3.05) is 13.2 Å². The zero-order valence-corrected chi connectivity index (χ0v) is 15.7. The molecule has 3 heterocycles. The molecule has 1 aromatic carbocycles. The van der Waals surface area contributed by atoms with Gasteiger partial charge in [0.1, 0.15) is 0 Å². The fourth-order valence-corrected chi connectivity index (χ4v) is 3.19. The topological polar surface area (TPSA) is 114 Å². The molecule has 1 aliphatic rings. The number of carbonyl (C=O) groups is 3. The number of aromatic nitrogens is 3. The number of nitrogens with one attached hydrogen (secondary N) is 2. The fraction of sp³-hybridized carbons (Fsp3) is 0.190. The maximum Gasteiger partial charge on any atom is 0.379 e. The number of Topliss-reactive ketones (excluding diaryl/α,β-unsaturated/α-hetero) is 1. The van der Waals surface area contributed by atoms with Crippen molar-refractivity contribution >= 4 is 17.7 Å². The Balaban J connectivity index is 1.66. The molecular formula is C21H18N4O4. The number of benzene rings is 1. The highest BCUT2D eigenvalue weighted by molar-refractivity contribution is 6.40. The monoisotopic (exact) mass is 390 g/mol. The Morgan fingerprint density at radius 3 is 2.86 bits per heavy atom. The summed E-state index contributed by atoms with van der Waals surface area (Å²) in [6, 6.07) is 10.0. The number of hydrogen-bond acceptors (Lipinski definition) is 6. The number of esters is 1. The predicted molar refractivity (Wildman–Crippen MR) is 104 cm³/mol. The SMILES string of the molecule is CCOC(=O)C(=O)c1cccc(-c2nccc(-c3cc4c([nH]3)CCNC4=O)n2)c1. The lowest BCUT2D eigenvalue weighted by atomic mass is 10.1. The van der Waals surface area contributed by atoms with Crippen LogP contribution in [0.3, 0.4) is 0 Å². The number of ketones is 1. The van der Waals surface area contributed by atoms with Gasteiger partial charge in [0.15, 0.2) is 5.82 Å². The van der Waals surface area contributed by atoms with Crippen molar-refractivity contribution < 1.29 is 19.1 Å². The van der Waals surface area contributed by atoms with E-state index in [4.69, 9.17) is 4.74 Å². The van der Waals surface area contributed by atoms with E-state index in [0.717, 1.165) is 17.8 Å². The third-order valence-corrected chi connectivity index (χ3v) is 4.58. The van der Waals surface area contributed by atoms with Crippen molar-refractivity contribution in [2.24, 2.45) is 0 Å². The molecule has 0 bridgehead atoms. The fourth-order valence-electron chi connectivity index (χ4n) is 3.19. The average molecular weight is 390 g/mol. The maximum absolute atomic E-state index is 12.2. The number of ether oxygens (including phenoxy) is 1. The van der Waals surface area contributed by atoms with Gasteiger partial charge < -0.3 is 15.0 Å². The first-order valence-electron chi connectivity index (χ1n) is 9.22. The molecule has 2 aromatic heterocycles. The Morgan fingerprint density at radius 1 is 1.21 bits per heavy atom. The number of rotatable bonds is 5. The molecule has 2 N–H and O–H groups in total. The minimum absolute atomic E-state index is 0.104. The van der Waals surface area contributed by atoms with Gasteiger partial charge in [-0.3, -0.25) is 9.59 Å². The lowest BCUT2D eigenvalue weighted by Crippen LogP contribution is -2.31. The average Bonchev–Trinajstić information content (AvgIpc) is 3.19. The second-order valence-electron chi connectivity index (χ2n) is 6.48. The summed E-state index contributed by atoms with van der Waals surface area (Å²) >= 11 is 0. The number of hydrogen-bond donors (Lipinski definition) is 2. The molecule has 0 fully saturated rings. The van der Waals surface area contributed by atoms with Crippen LogP contribution >= 0.6 is 0 Å². The summed E-state index contributed by atoms with van der Waals surface area (Å²) in [7, 11) is 0. The Labute approximate surface area is 166 Å². The largest absolute Gasteiger partial charge is 0.460 e. The van der Waals surface area contributed by atoms with Gasteiger partial charge in [0, 0.05) is 36.0 Å². The molecule has 146 valence electrons. The Bertz CT molecular complexity index is 1120. The van der Waals surface area contributed by atoms with E-state index < -0.39 is 11.8 Å². The van der Waals surface area contributed by atoms with Gasteiger partial charge >= 0.3 is 5.97 Å². The molecule has 0 atom stereocenters. The van der Waals surface area contributed by atoms with Crippen molar-refractivity contribution in [3.8, 4) is 22.8 Å². The molecule has 0 spiro atoms. The second-order valence-corrected chi connectivity index (χ2v) is 6.48. The minimum atomic E-state index is -0.894. The van der Waals surface area contributed by atoms with E-state index >= 15 is 0 Å². The summed E-state index contributed by atoms with van der Waals surface area (Å²) in [6.45, 7) is 2.37. The van der Waals surface area contributed by atoms with Crippen molar-refractivity contribution in [1.82, 2.24) is 20.3 Å². The van der Waals surface area contributed by atoms with E-state index in [1.807, 2.05) is 0 Å². The van der Waals surface area contributed by atoms with E-state index in [9.17, 15) is 14.4 Å². The highest BCUT2D eigenvalue weighted by Gasteiger charge is 2.21. The molecule has 8 nitrogen and oxygen atoms in total. The molecule has 1 amide bonds. The summed E-state index contributed by atoms with van der Waals surface area (Å²) in [5.74, 6) is -1.31. The predicted octanol–water partition coefficient (Wildman–Crippen LogP) is 2.17. The lowest BCUT2D eigenvalue weighted by molar-refractivity contribution is -0.137. The van der Waals surface area contributed by atoms with E-state index in [2.05, 4.69) is 20.3 Å². The molecular weight excluding hydrogens is 372 g/mol.